The van der Waals surface area contributed by atoms with Gasteiger partial charge in [-0.15, -0.1) is 0 Å². The summed E-state index contributed by atoms with van der Waals surface area (Å²) in [5.74, 6) is 2.87. The number of rotatable bonds is 8. The van der Waals surface area contributed by atoms with Crippen molar-refractivity contribution >= 4 is 21.6 Å². The molecule has 7 heteroatoms. The number of amides is 1. The Balaban J connectivity index is 1.32. The molecule has 4 saturated carbocycles. The van der Waals surface area contributed by atoms with Crippen molar-refractivity contribution in [3.05, 3.63) is 59.7 Å². The van der Waals surface area contributed by atoms with Gasteiger partial charge < -0.3 is 10.1 Å². The van der Waals surface area contributed by atoms with Crippen molar-refractivity contribution in [2.75, 3.05) is 24.2 Å². The van der Waals surface area contributed by atoms with Crippen LogP contribution in [0.15, 0.2) is 48.5 Å². The molecule has 4 aliphatic rings. The van der Waals surface area contributed by atoms with Gasteiger partial charge in [0.25, 0.3) is 0 Å². The van der Waals surface area contributed by atoms with E-state index in [9.17, 15) is 13.2 Å². The molecular weight excluding hydrogens is 460 g/mol. The van der Waals surface area contributed by atoms with Crippen LogP contribution in [-0.4, -0.2) is 34.2 Å². The zero-order chi connectivity index (χ0) is 24.8. The van der Waals surface area contributed by atoms with Crippen LogP contribution in [0.25, 0.3) is 0 Å². The summed E-state index contributed by atoms with van der Waals surface area (Å²) in [7, 11) is -2.05. The van der Waals surface area contributed by atoms with E-state index in [-0.39, 0.29) is 23.9 Å². The van der Waals surface area contributed by atoms with Crippen LogP contribution in [0.5, 0.6) is 5.75 Å². The highest BCUT2D eigenvalue weighted by atomic mass is 32.2. The molecule has 0 aromatic heterocycles. The Hall–Kier alpha value is -2.54. The van der Waals surface area contributed by atoms with Crippen molar-refractivity contribution in [2.45, 2.75) is 56.9 Å². The van der Waals surface area contributed by atoms with E-state index in [4.69, 9.17) is 4.74 Å². The van der Waals surface area contributed by atoms with Crippen LogP contribution in [-0.2, 0) is 20.2 Å². The third-order valence-corrected chi connectivity index (χ3v) is 9.62. The van der Waals surface area contributed by atoms with Gasteiger partial charge >= 0.3 is 0 Å². The molecule has 2 aromatic carbocycles. The lowest BCUT2D eigenvalue weighted by molar-refractivity contribution is -0.120. The lowest BCUT2D eigenvalue weighted by Crippen LogP contribution is -2.48. The van der Waals surface area contributed by atoms with Crippen molar-refractivity contribution in [3.8, 4) is 5.75 Å². The van der Waals surface area contributed by atoms with Gasteiger partial charge in [0.2, 0.25) is 15.9 Å². The van der Waals surface area contributed by atoms with Crippen LogP contribution < -0.4 is 14.4 Å². The minimum atomic E-state index is -3.64. The first kappa shape index (κ1) is 24.2. The highest BCUT2D eigenvalue weighted by molar-refractivity contribution is 7.92. The molecule has 0 saturated heterocycles. The highest BCUT2D eigenvalue weighted by Crippen LogP contribution is 2.60. The number of carbonyl (C=O) groups excluding carboxylic acids is 1. The minimum Gasteiger partial charge on any atom is -0.496 e. The van der Waals surface area contributed by atoms with E-state index in [1.54, 1.807) is 7.11 Å². The smallest absolute Gasteiger partial charge is 0.241 e. The largest absolute Gasteiger partial charge is 0.496 e. The third-order valence-electron chi connectivity index (χ3n) is 8.48. The number of hydrogen-bond donors (Lipinski definition) is 1. The Bertz CT molecular complexity index is 1160. The predicted molar refractivity (Wildman–Crippen MR) is 138 cm³/mol. The Morgan fingerprint density at radius 1 is 1.03 bits per heavy atom. The van der Waals surface area contributed by atoms with Gasteiger partial charge in [-0.3, -0.25) is 9.10 Å². The summed E-state index contributed by atoms with van der Waals surface area (Å²) in [6.45, 7) is 1.59. The number of sulfonamides is 1. The Kier molecular flexibility index (Phi) is 6.32. The van der Waals surface area contributed by atoms with Crippen LogP contribution in [0.3, 0.4) is 0 Å². The summed E-state index contributed by atoms with van der Waals surface area (Å²) in [6.07, 6.45) is 9.10. The zero-order valence-electron chi connectivity index (χ0n) is 20.9. The molecule has 35 heavy (non-hydrogen) atoms. The maximum Gasteiger partial charge on any atom is 0.241 e. The molecule has 1 atom stereocenters. The molecule has 0 heterocycles. The fourth-order valence-electron chi connectivity index (χ4n) is 7.36. The molecule has 0 aliphatic heterocycles. The molecule has 4 bridgehead atoms. The Morgan fingerprint density at radius 2 is 1.60 bits per heavy atom. The van der Waals surface area contributed by atoms with Gasteiger partial charge in [-0.05, 0) is 92.4 Å². The van der Waals surface area contributed by atoms with Crippen molar-refractivity contribution in [1.82, 2.24) is 5.32 Å². The number of methoxy groups -OCH3 is 1. The topological polar surface area (TPSA) is 75.7 Å². The number of anilines is 1. The molecule has 1 amide bonds. The maximum atomic E-state index is 12.9. The average Bonchev–Trinajstić information content (AvgIpc) is 2.81. The van der Waals surface area contributed by atoms with Crippen LogP contribution in [0.1, 0.15) is 62.6 Å². The van der Waals surface area contributed by atoms with Crippen LogP contribution >= 0.6 is 0 Å². The summed E-state index contributed by atoms with van der Waals surface area (Å²) in [5.41, 5.74) is 2.96. The van der Waals surface area contributed by atoms with Crippen molar-refractivity contribution in [2.24, 2.45) is 17.8 Å². The monoisotopic (exact) mass is 496 g/mol. The second kappa shape index (κ2) is 9.16. The lowest BCUT2D eigenvalue weighted by Gasteiger charge is -2.57. The van der Waals surface area contributed by atoms with Crippen molar-refractivity contribution < 1.29 is 17.9 Å². The second-order valence-electron chi connectivity index (χ2n) is 11.0. The van der Waals surface area contributed by atoms with Gasteiger partial charge in [0, 0.05) is 5.56 Å². The van der Waals surface area contributed by atoms with Crippen LogP contribution in [0.2, 0.25) is 0 Å². The fourth-order valence-corrected chi connectivity index (χ4v) is 8.22. The van der Waals surface area contributed by atoms with E-state index in [2.05, 4.69) is 17.4 Å². The average molecular weight is 497 g/mol. The lowest BCUT2D eigenvalue weighted by atomic mass is 9.48. The standard InChI is InChI=1S/C28H36N2O4S/c1-19(25-6-4-5-7-26(25)34-2)29-27(31)18-30(35(3,32)33)24-10-8-23(9-11-24)28-15-20-12-21(16-28)14-22(13-20)17-28/h4-11,19-22H,12-18H2,1-3H3,(H,29,31). The highest BCUT2D eigenvalue weighted by Gasteiger charge is 2.51. The molecular formula is C28H36N2O4S. The first-order valence-corrected chi connectivity index (χ1v) is 14.5. The van der Waals surface area contributed by atoms with Gasteiger partial charge in [0.15, 0.2) is 0 Å². The summed E-state index contributed by atoms with van der Waals surface area (Å²) >= 11 is 0. The number of nitrogens with one attached hydrogen (secondary N) is 1. The molecule has 4 aliphatic carbocycles. The number of para-hydroxylation sites is 1. The van der Waals surface area contributed by atoms with E-state index >= 15 is 0 Å². The van der Waals surface area contributed by atoms with Crippen molar-refractivity contribution in [1.29, 1.82) is 0 Å². The van der Waals surface area contributed by atoms with Crippen LogP contribution in [0.4, 0.5) is 5.69 Å². The first-order chi connectivity index (χ1) is 16.7. The van der Waals surface area contributed by atoms with E-state index in [0.29, 0.717) is 11.4 Å². The van der Waals surface area contributed by atoms with Gasteiger partial charge in [0.05, 0.1) is 25.1 Å². The Morgan fingerprint density at radius 3 is 2.14 bits per heavy atom. The number of hydrogen-bond acceptors (Lipinski definition) is 4. The van der Waals surface area contributed by atoms with Gasteiger partial charge in [-0.25, -0.2) is 8.42 Å². The minimum absolute atomic E-state index is 0.255. The van der Waals surface area contributed by atoms with E-state index in [1.165, 1.54) is 48.4 Å². The molecule has 1 N–H and O–H groups in total. The number of benzene rings is 2. The van der Waals surface area contributed by atoms with Gasteiger partial charge in [0.1, 0.15) is 12.3 Å². The molecule has 0 radical (unpaired) electrons. The maximum absolute atomic E-state index is 12.9. The van der Waals surface area contributed by atoms with E-state index < -0.39 is 10.0 Å². The fraction of sp³-hybridized carbons (Fsp3) is 0.536. The molecule has 6 rings (SSSR count). The number of nitrogens with zero attached hydrogens (tertiary/aromatic N) is 1. The quantitative estimate of drug-likeness (QED) is 0.569. The molecule has 0 spiro atoms. The summed E-state index contributed by atoms with van der Waals surface area (Å²) in [5, 5.41) is 2.92. The predicted octanol–water partition coefficient (Wildman–Crippen LogP) is 4.81. The third kappa shape index (κ3) is 4.80. The van der Waals surface area contributed by atoms with Crippen molar-refractivity contribution in [3.63, 3.8) is 0 Å². The molecule has 2 aromatic rings. The van der Waals surface area contributed by atoms with E-state index in [1.807, 2.05) is 43.3 Å². The van der Waals surface area contributed by atoms with Crippen LogP contribution in [0, 0.1) is 17.8 Å². The summed E-state index contributed by atoms with van der Waals surface area (Å²) in [4.78, 5) is 12.9. The normalized spacial score (nSPS) is 27.9. The first-order valence-electron chi connectivity index (χ1n) is 12.7. The summed E-state index contributed by atoms with van der Waals surface area (Å²) < 4.78 is 31.9. The molecule has 6 nitrogen and oxygen atoms in total. The molecule has 188 valence electrons. The second-order valence-corrected chi connectivity index (χ2v) is 13.0. The van der Waals surface area contributed by atoms with Gasteiger partial charge in [-0.1, -0.05) is 30.3 Å². The number of carbonyl (C=O) groups is 1. The summed E-state index contributed by atoms with van der Waals surface area (Å²) in [6, 6.07) is 15.1. The molecule has 1 unspecified atom stereocenters. The molecule has 4 fully saturated rings. The van der Waals surface area contributed by atoms with E-state index in [0.717, 1.165) is 29.6 Å². The Labute approximate surface area is 209 Å². The van der Waals surface area contributed by atoms with Gasteiger partial charge in [-0.2, -0.15) is 0 Å². The SMILES string of the molecule is COc1ccccc1C(C)NC(=O)CN(c1ccc(C23CC4CC(CC(C4)C2)C3)cc1)S(C)(=O)=O. The number of ether oxygens (including phenoxy) is 1. The zero-order valence-corrected chi connectivity index (χ0v) is 21.7.